The molecule has 0 bridgehead atoms. The van der Waals surface area contributed by atoms with Crippen molar-refractivity contribution in [3.05, 3.63) is 41.5 Å². The van der Waals surface area contributed by atoms with Gasteiger partial charge in [0.25, 0.3) is 0 Å². The Bertz CT molecular complexity index is 776. The Labute approximate surface area is 169 Å². The average molecular weight is 405 g/mol. The molecule has 1 aliphatic carbocycles. The van der Waals surface area contributed by atoms with E-state index in [4.69, 9.17) is 0 Å². The van der Waals surface area contributed by atoms with Gasteiger partial charge in [-0.3, -0.25) is 4.99 Å². The molecule has 0 aromatic heterocycles. The predicted molar refractivity (Wildman–Crippen MR) is 116 cm³/mol. The second kappa shape index (κ2) is 10.1. The van der Waals surface area contributed by atoms with Crippen LogP contribution >= 0.6 is 0 Å². The highest BCUT2D eigenvalue weighted by atomic mass is 32.2. The van der Waals surface area contributed by atoms with Crippen LogP contribution < -0.4 is 10.0 Å². The summed E-state index contributed by atoms with van der Waals surface area (Å²) in [7, 11) is -1.47. The summed E-state index contributed by atoms with van der Waals surface area (Å²) >= 11 is 0. The van der Waals surface area contributed by atoms with Crippen molar-refractivity contribution >= 4 is 22.1 Å². The van der Waals surface area contributed by atoms with Crippen molar-refractivity contribution in [2.75, 3.05) is 39.0 Å². The van der Waals surface area contributed by atoms with Gasteiger partial charge in [0, 0.05) is 33.2 Å². The summed E-state index contributed by atoms with van der Waals surface area (Å²) in [5, 5.41) is 3.21. The van der Waals surface area contributed by atoms with E-state index in [0.29, 0.717) is 19.0 Å². The van der Waals surface area contributed by atoms with Gasteiger partial charge in [0.05, 0.1) is 5.75 Å². The predicted octanol–water partition coefficient (Wildman–Crippen LogP) is 2.46. The fraction of sp³-hybridized carbons (Fsp3) is 0.571. The van der Waals surface area contributed by atoms with Gasteiger partial charge < -0.3 is 10.2 Å². The first kappa shape index (κ1) is 20.9. The Morgan fingerprint density at radius 2 is 1.93 bits per heavy atom. The first-order valence-corrected chi connectivity index (χ1v) is 11.9. The van der Waals surface area contributed by atoms with Crippen LogP contribution in [-0.2, 0) is 10.0 Å². The SMILES string of the molecule is CN=C(NCCS(=O)(=O)NCC1CCC1)N1CCC(=Cc2ccccc2)CC1. The number of hydrogen-bond acceptors (Lipinski definition) is 3. The molecule has 1 saturated heterocycles. The van der Waals surface area contributed by atoms with Crippen LogP contribution in [0.15, 0.2) is 40.9 Å². The van der Waals surface area contributed by atoms with Gasteiger partial charge >= 0.3 is 0 Å². The molecule has 2 aliphatic rings. The minimum atomic E-state index is -3.23. The molecule has 1 aliphatic heterocycles. The first-order valence-electron chi connectivity index (χ1n) is 10.2. The third-order valence-electron chi connectivity index (χ3n) is 5.56. The molecular formula is C21H32N4O2S. The molecule has 7 heteroatoms. The van der Waals surface area contributed by atoms with Crippen LogP contribution in [0.1, 0.15) is 37.7 Å². The van der Waals surface area contributed by atoms with Gasteiger partial charge in [0.1, 0.15) is 0 Å². The zero-order valence-corrected chi connectivity index (χ0v) is 17.5. The van der Waals surface area contributed by atoms with E-state index in [1.165, 1.54) is 17.6 Å². The van der Waals surface area contributed by atoms with Crippen molar-refractivity contribution in [1.29, 1.82) is 0 Å². The molecule has 0 spiro atoms. The summed E-state index contributed by atoms with van der Waals surface area (Å²) in [5.74, 6) is 1.39. The topological polar surface area (TPSA) is 73.8 Å². The highest BCUT2D eigenvalue weighted by Gasteiger charge is 2.21. The molecule has 2 fully saturated rings. The molecule has 1 saturated carbocycles. The van der Waals surface area contributed by atoms with Crippen LogP contribution in [0.25, 0.3) is 6.08 Å². The molecule has 0 amide bonds. The van der Waals surface area contributed by atoms with Crippen molar-refractivity contribution in [3.63, 3.8) is 0 Å². The Hall–Kier alpha value is -1.86. The third kappa shape index (κ3) is 6.34. The molecule has 3 rings (SSSR count). The Kier molecular flexibility index (Phi) is 7.50. The molecule has 28 heavy (non-hydrogen) atoms. The van der Waals surface area contributed by atoms with E-state index < -0.39 is 10.0 Å². The third-order valence-corrected chi connectivity index (χ3v) is 6.91. The highest BCUT2D eigenvalue weighted by Crippen LogP contribution is 2.25. The summed E-state index contributed by atoms with van der Waals surface area (Å²) in [6.07, 6.45) is 7.77. The van der Waals surface area contributed by atoms with Crippen LogP contribution in [0.4, 0.5) is 0 Å². The van der Waals surface area contributed by atoms with Crippen LogP contribution in [0.5, 0.6) is 0 Å². The Morgan fingerprint density at radius 3 is 2.54 bits per heavy atom. The van der Waals surface area contributed by atoms with Crippen molar-refractivity contribution in [2.45, 2.75) is 32.1 Å². The molecule has 0 radical (unpaired) electrons. The zero-order chi connectivity index (χ0) is 19.8. The van der Waals surface area contributed by atoms with E-state index in [9.17, 15) is 8.42 Å². The van der Waals surface area contributed by atoms with E-state index in [2.05, 4.69) is 50.3 Å². The molecule has 6 nitrogen and oxygen atoms in total. The largest absolute Gasteiger partial charge is 0.355 e. The standard InChI is InChI=1S/C21H32N4O2S/c1-22-21(23-12-15-28(26,27)24-17-20-8-5-9-20)25-13-10-19(11-14-25)16-18-6-3-2-4-7-18/h2-4,6-7,16,20,24H,5,8-15,17H2,1H3,(H,22,23). The van der Waals surface area contributed by atoms with Gasteiger partial charge in [-0.15, -0.1) is 0 Å². The summed E-state index contributed by atoms with van der Waals surface area (Å²) in [5.41, 5.74) is 2.69. The van der Waals surface area contributed by atoms with Gasteiger partial charge in [-0.05, 0) is 37.2 Å². The fourth-order valence-corrected chi connectivity index (χ4v) is 4.58. The van der Waals surface area contributed by atoms with Crippen LogP contribution in [0.3, 0.4) is 0 Å². The van der Waals surface area contributed by atoms with E-state index in [0.717, 1.165) is 44.7 Å². The lowest BCUT2D eigenvalue weighted by molar-refractivity contribution is 0.316. The first-order chi connectivity index (χ1) is 13.6. The summed E-state index contributed by atoms with van der Waals surface area (Å²) in [6.45, 7) is 2.74. The van der Waals surface area contributed by atoms with Gasteiger partial charge in [-0.25, -0.2) is 13.1 Å². The number of guanidine groups is 1. The number of piperidine rings is 1. The highest BCUT2D eigenvalue weighted by molar-refractivity contribution is 7.89. The molecule has 1 heterocycles. The fourth-order valence-electron chi connectivity index (χ4n) is 3.58. The minimum Gasteiger partial charge on any atom is -0.355 e. The van der Waals surface area contributed by atoms with E-state index in [1.807, 2.05) is 6.07 Å². The number of hydrogen-bond donors (Lipinski definition) is 2. The molecule has 0 unspecified atom stereocenters. The number of aliphatic imine (C=N–C) groups is 1. The molecule has 0 atom stereocenters. The van der Waals surface area contributed by atoms with Gasteiger partial charge in [0.15, 0.2) is 5.96 Å². The summed E-state index contributed by atoms with van der Waals surface area (Å²) in [6, 6.07) is 10.4. The normalized spacial score (nSPS) is 18.7. The second-order valence-electron chi connectivity index (χ2n) is 7.64. The summed E-state index contributed by atoms with van der Waals surface area (Å²) < 4.78 is 27.0. The molecule has 2 N–H and O–H groups in total. The zero-order valence-electron chi connectivity index (χ0n) is 16.7. The van der Waals surface area contributed by atoms with Crippen molar-refractivity contribution in [2.24, 2.45) is 10.9 Å². The van der Waals surface area contributed by atoms with Gasteiger partial charge in [0.2, 0.25) is 10.0 Å². The maximum Gasteiger partial charge on any atom is 0.213 e. The molecular weight excluding hydrogens is 372 g/mol. The van der Waals surface area contributed by atoms with Crippen LogP contribution in [-0.4, -0.2) is 58.3 Å². The maximum absolute atomic E-state index is 12.1. The van der Waals surface area contributed by atoms with Crippen molar-refractivity contribution < 1.29 is 8.42 Å². The van der Waals surface area contributed by atoms with Gasteiger partial charge in [-0.1, -0.05) is 48.4 Å². The molecule has 154 valence electrons. The van der Waals surface area contributed by atoms with E-state index in [-0.39, 0.29) is 5.75 Å². The number of nitrogens with zero attached hydrogens (tertiary/aromatic N) is 2. The lowest BCUT2D eigenvalue weighted by Gasteiger charge is -2.31. The Morgan fingerprint density at radius 1 is 1.21 bits per heavy atom. The maximum atomic E-state index is 12.1. The second-order valence-corrected chi connectivity index (χ2v) is 9.56. The van der Waals surface area contributed by atoms with Crippen molar-refractivity contribution in [1.82, 2.24) is 14.9 Å². The van der Waals surface area contributed by atoms with Crippen LogP contribution in [0, 0.1) is 5.92 Å². The quantitative estimate of drug-likeness (QED) is 0.541. The lowest BCUT2D eigenvalue weighted by atomic mass is 9.86. The molecule has 1 aromatic carbocycles. The van der Waals surface area contributed by atoms with Crippen molar-refractivity contribution in [3.8, 4) is 0 Å². The number of benzene rings is 1. The van der Waals surface area contributed by atoms with Gasteiger partial charge in [-0.2, -0.15) is 0 Å². The number of sulfonamides is 1. The summed E-state index contributed by atoms with van der Waals surface area (Å²) in [4.78, 5) is 6.54. The number of nitrogens with one attached hydrogen (secondary N) is 2. The van der Waals surface area contributed by atoms with Crippen LogP contribution in [0.2, 0.25) is 0 Å². The smallest absolute Gasteiger partial charge is 0.213 e. The lowest BCUT2D eigenvalue weighted by Crippen LogP contribution is -2.46. The van der Waals surface area contributed by atoms with E-state index >= 15 is 0 Å². The number of rotatable bonds is 7. The number of likely N-dealkylation sites (tertiary alicyclic amines) is 1. The monoisotopic (exact) mass is 404 g/mol. The average Bonchev–Trinajstić information content (AvgIpc) is 2.65. The Balaban J connectivity index is 1.41. The minimum absolute atomic E-state index is 0.0751. The molecule has 1 aromatic rings. The van der Waals surface area contributed by atoms with E-state index in [1.54, 1.807) is 7.05 Å².